The highest BCUT2D eigenvalue weighted by atomic mass is 32.2. The molecule has 0 bridgehead atoms. The maximum Gasteiger partial charge on any atom is 0.227 e. The van der Waals surface area contributed by atoms with Crippen molar-refractivity contribution in [2.75, 3.05) is 35.7 Å². The number of rotatable bonds is 7. The van der Waals surface area contributed by atoms with Gasteiger partial charge in [0, 0.05) is 55.4 Å². The van der Waals surface area contributed by atoms with Gasteiger partial charge in [0.1, 0.15) is 0 Å². The zero-order valence-electron chi connectivity index (χ0n) is 16.4. The fourth-order valence-corrected chi connectivity index (χ4v) is 4.18. The number of nitrogens with one attached hydrogen (secondary N) is 1. The minimum absolute atomic E-state index is 0.0114. The molecule has 1 aliphatic heterocycles. The summed E-state index contributed by atoms with van der Waals surface area (Å²) < 4.78 is 0. The summed E-state index contributed by atoms with van der Waals surface area (Å²) in [5.74, 6) is 0.817. The normalized spacial score (nSPS) is 14.1. The first-order valence-corrected chi connectivity index (χ1v) is 10.6. The molecule has 0 aliphatic carbocycles. The van der Waals surface area contributed by atoms with E-state index in [1.54, 1.807) is 11.8 Å². The molecular formula is C22H27N3O2S. The number of thioether (sulfide) groups is 1. The zero-order chi connectivity index (χ0) is 19.9. The van der Waals surface area contributed by atoms with Crippen molar-refractivity contribution < 1.29 is 9.59 Å². The van der Waals surface area contributed by atoms with Crippen molar-refractivity contribution in [3.05, 3.63) is 54.6 Å². The molecule has 0 saturated carbocycles. The molecule has 0 spiro atoms. The Kier molecular flexibility index (Phi) is 6.98. The van der Waals surface area contributed by atoms with Crippen LogP contribution in [0.3, 0.4) is 0 Å². The van der Waals surface area contributed by atoms with Gasteiger partial charge in [0.25, 0.3) is 0 Å². The lowest BCUT2D eigenvalue weighted by Gasteiger charge is -2.29. The average molecular weight is 398 g/mol. The predicted molar refractivity (Wildman–Crippen MR) is 116 cm³/mol. The van der Waals surface area contributed by atoms with Crippen LogP contribution in [0.25, 0.3) is 0 Å². The zero-order valence-corrected chi connectivity index (χ0v) is 17.2. The summed E-state index contributed by atoms with van der Waals surface area (Å²) in [4.78, 5) is 29.9. The highest BCUT2D eigenvalue weighted by Crippen LogP contribution is 2.34. The molecule has 3 rings (SSSR count). The van der Waals surface area contributed by atoms with Crippen LogP contribution < -0.4 is 15.1 Å². The van der Waals surface area contributed by atoms with E-state index >= 15 is 0 Å². The third-order valence-corrected chi connectivity index (χ3v) is 6.06. The van der Waals surface area contributed by atoms with E-state index in [-0.39, 0.29) is 30.7 Å². The van der Waals surface area contributed by atoms with Gasteiger partial charge in [-0.25, -0.2) is 0 Å². The molecule has 2 aromatic rings. The van der Waals surface area contributed by atoms with E-state index in [9.17, 15) is 9.59 Å². The second-order valence-corrected chi connectivity index (χ2v) is 8.10. The van der Waals surface area contributed by atoms with Gasteiger partial charge in [-0.2, -0.15) is 0 Å². The SMILES string of the molecule is CC(CNC(=O)CCC(=O)N1CCSc2ccccc21)N(C)c1ccccc1. The van der Waals surface area contributed by atoms with E-state index in [0.717, 1.165) is 22.0 Å². The van der Waals surface area contributed by atoms with Crippen LogP contribution >= 0.6 is 11.8 Å². The first-order chi connectivity index (χ1) is 13.6. The van der Waals surface area contributed by atoms with E-state index in [1.165, 1.54) is 0 Å². The van der Waals surface area contributed by atoms with Crippen LogP contribution in [0.5, 0.6) is 0 Å². The summed E-state index contributed by atoms with van der Waals surface area (Å²) in [5, 5.41) is 2.96. The molecule has 1 heterocycles. The molecule has 2 amide bonds. The van der Waals surface area contributed by atoms with Crippen molar-refractivity contribution in [1.82, 2.24) is 5.32 Å². The average Bonchev–Trinajstić information content (AvgIpc) is 2.75. The van der Waals surface area contributed by atoms with Crippen LogP contribution in [0, 0.1) is 0 Å². The van der Waals surface area contributed by atoms with Crippen LogP contribution in [0.15, 0.2) is 59.5 Å². The highest BCUT2D eigenvalue weighted by Gasteiger charge is 2.23. The number of benzene rings is 2. The first kappa shape index (κ1) is 20.3. The van der Waals surface area contributed by atoms with Gasteiger partial charge in [0.05, 0.1) is 5.69 Å². The van der Waals surface area contributed by atoms with E-state index < -0.39 is 0 Å². The lowest BCUT2D eigenvalue weighted by Crippen LogP contribution is -2.41. The van der Waals surface area contributed by atoms with Crippen molar-refractivity contribution in [3.8, 4) is 0 Å². The summed E-state index contributed by atoms with van der Waals surface area (Å²) >= 11 is 1.77. The van der Waals surface area contributed by atoms with Crippen LogP contribution in [-0.2, 0) is 9.59 Å². The first-order valence-electron chi connectivity index (χ1n) is 9.63. The summed E-state index contributed by atoms with van der Waals surface area (Å²) in [6.07, 6.45) is 0.445. The summed E-state index contributed by atoms with van der Waals surface area (Å²) in [7, 11) is 2.02. The molecule has 2 aromatic carbocycles. The number of para-hydroxylation sites is 2. The van der Waals surface area contributed by atoms with Gasteiger partial charge in [0.2, 0.25) is 11.8 Å². The van der Waals surface area contributed by atoms with Gasteiger partial charge in [0.15, 0.2) is 0 Å². The standard InChI is InChI=1S/C22H27N3O2S/c1-17(24(2)18-8-4-3-5-9-18)16-23-21(26)12-13-22(27)25-14-15-28-20-11-7-6-10-19(20)25/h3-11,17H,12-16H2,1-2H3,(H,23,26). The molecule has 1 atom stereocenters. The number of amides is 2. The van der Waals surface area contributed by atoms with E-state index in [1.807, 2.05) is 66.5 Å². The number of anilines is 2. The summed E-state index contributed by atoms with van der Waals surface area (Å²) in [5.41, 5.74) is 2.07. The Balaban J connectivity index is 1.45. The number of carbonyl (C=O) groups excluding carboxylic acids is 2. The predicted octanol–water partition coefficient (Wildman–Crippen LogP) is 3.55. The fourth-order valence-electron chi connectivity index (χ4n) is 3.19. The Morgan fingerprint density at radius 1 is 1.11 bits per heavy atom. The maximum atomic E-state index is 12.6. The van der Waals surface area contributed by atoms with E-state index in [0.29, 0.717) is 13.1 Å². The Bertz CT molecular complexity index is 812. The molecule has 6 heteroatoms. The Hall–Kier alpha value is -2.47. The van der Waals surface area contributed by atoms with Crippen molar-refractivity contribution in [2.24, 2.45) is 0 Å². The molecule has 5 nitrogen and oxygen atoms in total. The van der Waals surface area contributed by atoms with Gasteiger partial charge in [-0.3, -0.25) is 9.59 Å². The number of likely N-dealkylation sites (N-methyl/N-ethyl adjacent to an activating group) is 1. The van der Waals surface area contributed by atoms with Gasteiger partial charge in [-0.05, 0) is 31.2 Å². The van der Waals surface area contributed by atoms with Gasteiger partial charge in [-0.15, -0.1) is 11.8 Å². The molecule has 0 saturated heterocycles. The van der Waals surface area contributed by atoms with Gasteiger partial charge < -0.3 is 15.1 Å². The fraction of sp³-hybridized carbons (Fsp3) is 0.364. The van der Waals surface area contributed by atoms with Crippen molar-refractivity contribution in [3.63, 3.8) is 0 Å². The lowest BCUT2D eigenvalue weighted by atomic mass is 10.2. The summed E-state index contributed by atoms with van der Waals surface area (Å²) in [6.45, 7) is 3.31. The van der Waals surface area contributed by atoms with Crippen molar-refractivity contribution in [2.45, 2.75) is 30.7 Å². The third kappa shape index (κ3) is 5.07. The number of carbonyl (C=O) groups is 2. The van der Waals surface area contributed by atoms with Crippen LogP contribution in [0.2, 0.25) is 0 Å². The minimum Gasteiger partial charge on any atom is -0.370 e. The Morgan fingerprint density at radius 3 is 2.61 bits per heavy atom. The smallest absolute Gasteiger partial charge is 0.227 e. The Labute approximate surface area is 171 Å². The number of hydrogen-bond acceptors (Lipinski definition) is 4. The number of fused-ring (bicyclic) bond motifs is 1. The number of hydrogen-bond donors (Lipinski definition) is 1. The highest BCUT2D eigenvalue weighted by molar-refractivity contribution is 7.99. The van der Waals surface area contributed by atoms with Gasteiger partial charge in [-0.1, -0.05) is 30.3 Å². The molecule has 28 heavy (non-hydrogen) atoms. The topological polar surface area (TPSA) is 52.7 Å². The van der Waals surface area contributed by atoms with E-state index in [4.69, 9.17) is 0 Å². The second-order valence-electron chi connectivity index (χ2n) is 6.96. The molecule has 0 aromatic heterocycles. The molecule has 1 unspecified atom stereocenters. The van der Waals surface area contributed by atoms with E-state index in [2.05, 4.69) is 17.1 Å². The monoisotopic (exact) mass is 397 g/mol. The largest absolute Gasteiger partial charge is 0.370 e. The van der Waals surface area contributed by atoms with Crippen LogP contribution in [0.4, 0.5) is 11.4 Å². The van der Waals surface area contributed by atoms with Crippen molar-refractivity contribution in [1.29, 1.82) is 0 Å². The second kappa shape index (κ2) is 9.64. The van der Waals surface area contributed by atoms with Crippen LogP contribution in [-0.4, -0.2) is 43.7 Å². The molecule has 0 fully saturated rings. The van der Waals surface area contributed by atoms with Crippen molar-refractivity contribution >= 4 is 35.0 Å². The summed E-state index contributed by atoms with van der Waals surface area (Å²) in [6, 6.07) is 18.2. The lowest BCUT2D eigenvalue weighted by molar-refractivity contribution is -0.125. The molecule has 0 radical (unpaired) electrons. The number of nitrogens with zero attached hydrogens (tertiary/aromatic N) is 2. The van der Waals surface area contributed by atoms with Crippen LogP contribution in [0.1, 0.15) is 19.8 Å². The molecule has 1 aliphatic rings. The molecule has 148 valence electrons. The van der Waals surface area contributed by atoms with Gasteiger partial charge >= 0.3 is 0 Å². The maximum absolute atomic E-state index is 12.6. The third-order valence-electron chi connectivity index (χ3n) is 5.01. The molecule has 1 N–H and O–H groups in total. The Morgan fingerprint density at radius 2 is 1.82 bits per heavy atom. The minimum atomic E-state index is -0.0821. The quantitative estimate of drug-likeness (QED) is 0.776. The molecular weight excluding hydrogens is 370 g/mol.